The SMILES string of the molecule is COc1ccc(C)c(CCON)c1Cl. The van der Waals surface area contributed by atoms with Gasteiger partial charge in [0.2, 0.25) is 0 Å². The zero-order chi connectivity index (χ0) is 10.6. The lowest BCUT2D eigenvalue weighted by Gasteiger charge is -2.11. The van der Waals surface area contributed by atoms with Gasteiger partial charge < -0.3 is 9.57 Å². The van der Waals surface area contributed by atoms with Crippen LogP contribution >= 0.6 is 11.6 Å². The van der Waals surface area contributed by atoms with E-state index in [1.165, 1.54) is 0 Å². The third kappa shape index (κ3) is 2.38. The average molecular weight is 216 g/mol. The van der Waals surface area contributed by atoms with Crippen LogP contribution in [0.1, 0.15) is 11.1 Å². The number of hydrogen-bond donors (Lipinski definition) is 1. The highest BCUT2D eigenvalue weighted by molar-refractivity contribution is 6.32. The molecule has 0 bridgehead atoms. The van der Waals surface area contributed by atoms with Crippen molar-refractivity contribution in [3.05, 3.63) is 28.3 Å². The van der Waals surface area contributed by atoms with E-state index in [0.29, 0.717) is 23.8 Å². The molecule has 3 nitrogen and oxygen atoms in total. The maximum atomic E-state index is 6.13. The number of rotatable bonds is 4. The molecule has 14 heavy (non-hydrogen) atoms. The molecule has 0 saturated carbocycles. The quantitative estimate of drug-likeness (QED) is 0.783. The van der Waals surface area contributed by atoms with Gasteiger partial charge >= 0.3 is 0 Å². The third-order valence-corrected chi connectivity index (χ3v) is 2.55. The van der Waals surface area contributed by atoms with Gasteiger partial charge in [0.25, 0.3) is 0 Å². The molecular weight excluding hydrogens is 202 g/mol. The number of aryl methyl sites for hydroxylation is 1. The summed E-state index contributed by atoms with van der Waals surface area (Å²) in [7, 11) is 1.60. The highest BCUT2D eigenvalue weighted by atomic mass is 35.5. The minimum absolute atomic E-state index is 0.452. The van der Waals surface area contributed by atoms with Gasteiger partial charge in [-0.1, -0.05) is 17.7 Å². The van der Waals surface area contributed by atoms with Crippen molar-refractivity contribution < 1.29 is 9.57 Å². The second kappa shape index (κ2) is 5.20. The molecule has 1 rings (SSSR count). The van der Waals surface area contributed by atoms with Crippen molar-refractivity contribution in [2.75, 3.05) is 13.7 Å². The van der Waals surface area contributed by atoms with E-state index < -0.39 is 0 Å². The summed E-state index contributed by atoms with van der Waals surface area (Å²) in [4.78, 5) is 4.53. The number of hydrogen-bond acceptors (Lipinski definition) is 3. The number of nitrogens with two attached hydrogens (primary N) is 1. The van der Waals surface area contributed by atoms with Crippen LogP contribution in [0.3, 0.4) is 0 Å². The maximum absolute atomic E-state index is 6.13. The minimum atomic E-state index is 0.452. The standard InChI is InChI=1S/C10H14ClNO2/c1-7-3-4-9(13-2)10(11)8(7)5-6-14-12/h3-4H,5-6,12H2,1-2H3. The van der Waals surface area contributed by atoms with Crippen LogP contribution < -0.4 is 10.6 Å². The smallest absolute Gasteiger partial charge is 0.137 e. The van der Waals surface area contributed by atoms with Gasteiger partial charge in [0.15, 0.2) is 0 Å². The van der Waals surface area contributed by atoms with Gasteiger partial charge in [0.05, 0.1) is 18.7 Å². The molecule has 1 aromatic carbocycles. The highest BCUT2D eigenvalue weighted by Gasteiger charge is 2.09. The van der Waals surface area contributed by atoms with Crippen LogP contribution in [-0.4, -0.2) is 13.7 Å². The second-order valence-electron chi connectivity index (χ2n) is 3.00. The van der Waals surface area contributed by atoms with Crippen LogP contribution in [-0.2, 0) is 11.3 Å². The predicted molar refractivity (Wildman–Crippen MR) is 56.6 cm³/mol. The van der Waals surface area contributed by atoms with Crippen molar-refractivity contribution in [2.24, 2.45) is 5.90 Å². The average Bonchev–Trinajstić information content (AvgIpc) is 2.18. The summed E-state index contributed by atoms with van der Waals surface area (Å²) in [6, 6.07) is 3.82. The van der Waals surface area contributed by atoms with E-state index >= 15 is 0 Å². The lowest BCUT2D eigenvalue weighted by Crippen LogP contribution is -2.05. The van der Waals surface area contributed by atoms with Gasteiger partial charge in [-0.15, -0.1) is 0 Å². The highest BCUT2D eigenvalue weighted by Crippen LogP contribution is 2.30. The first-order valence-corrected chi connectivity index (χ1v) is 4.72. The van der Waals surface area contributed by atoms with Gasteiger partial charge in [0.1, 0.15) is 5.75 Å². The van der Waals surface area contributed by atoms with Crippen LogP contribution in [0.5, 0.6) is 5.75 Å². The molecule has 0 heterocycles. The van der Waals surface area contributed by atoms with Gasteiger partial charge in [-0.2, -0.15) is 0 Å². The van der Waals surface area contributed by atoms with Crippen LogP contribution in [0.4, 0.5) is 0 Å². The molecule has 0 aliphatic heterocycles. The molecular formula is C10H14ClNO2. The fraction of sp³-hybridized carbons (Fsp3) is 0.400. The van der Waals surface area contributed by atoms with Gasteiger partial charge in [-0.25, -0.2) is 5.90 Å². The van der Waals surface area contributed by atoms with Gasteiger partial charge in [0, 0.05) is 0 Å². The van der Waals surface area contributed by atoms with Crippen molar-refractivity contribution in [1.82, 2.24) is 0 Å². The van der Waals surface area contributed by atoms with E-state index in [1.807, 2.05) is 19.1 Å². The second-order valence-corrected chi connectivity index (χ2v) is 3.38. The Morgan fingerprint density at radius 1 is 1.43 bits per heavy atom. The van der Waals surface area contributed by atoms with Crippen molar-refractivity contribution in [1.29, 1.82) is 0 Å². The van der Waals surface area contributed by atoms with Crippen molar-refractivity contribution in [3.8, 4) is 5.75 Å². The van der Waals surface area contributed by atoms with Crippen LogP contribution in [0.2, 0.25) is 5.02 Å². The Morgan fingerprint density at radius 2 is 2.14 bits per heavy atom. The van der Waals surface area contributed by atoms with E-state index in [2.05, 4.69) is 4.84 Å². The normalized spacial score (nSPS) is 10.3. The lowest BCUT2D eigenvalue weighted by atomic mass is 10.1. The Kier molecular flexibility index (Phi) is 4.20. The largest absolute Gasteiger partial charge is 0.495 e. The number of ether oxygens (including phenoxy) is 1. The zero-order valence-electron chi connectivity index (χ0n) is 8.34. The molecule has 0 aromatic heterocycles. The predicted octanol–water partition coefficient (Wildman–Crippen LogP) is 2.09. The number of benzene rings is 1. The molecule has 0 fully saturated rings. The fourth-order valence-electron chi connectivity index (χ4n) is 1.32. The Labute approximate surface area is 88.7 Å². The van der Waals surface area contributed by atoms with E-state index in [4.69, 9.17) is 22.2 Å². The first-order valence-electron chi connectivity index (χ1n) is 4.34. The van der Waals surface area contributed by atoms with Crippen LogP contribution in [0.25, 0.3) is 0 Å². The van der Waals surface area contributed by atoms with Crippen LogP contribution in [0, 0.1) is 6.92 Å². The van der Waals surface area contributed by atoms with E-state index in [1.54, 1.807) is 7.11 Å². The molecule has 0 aliphatic carbocycles. The molecule has 2 N–H and O–H groups in total. The molecule has 78 valence electrons. The monoisotopic (exact) mass is 215 g/mol. The molecule has 1 aromatic rings. The molecule has 4 heteroatoms. The molecule has 0 saturated heterocycles. The van der Waals surface area contributed by atoms with Crippen molar-refractivity contribution in [3.63, 3.8) is 0 Å². The molecule has 0 spiro atoms. The number of methoxy groups -OCH3 is 1. The van der Waals surface area contributed by atoms with Gasteiger partial charge in [-0.3, -0.25) is 0 Å². The summed E-state index contributed by atoms with van der Waals surface area (Å²) in [6.45, 7) is 2.45. The Bertz CT molecular complexity index is 315. The summed E-state index contributed by atoms with van der Waals surface area (Å²) >= 11 is 6.13. The van der Waals surface area contributed by atoms with Crippen LogP contribution in [0.15, 0.2) is 12.1 Å². The first kappa shape index (κ1) is 11.3. The maximum Gasteiger partial charge on any atom is 0.137 e. The van der Waals surface area contributed by atoms with Gasteiger partial charge in [-0.05, 0) is 30.5 Å². The Morgan fingerprint density at radius 3 is 2.71 bits per heavy atom. The summed E-state index contributed by atoms with van der Waals surface area (Å²) in [6.07, 6.45) is 0.693. The summed E-state index contributed by atoms with van der Waals surface area (Å²) in [5, 5.41) is 0.643. The molecule has 0 aliphatic rings. The third-order valence-electron chi connectivity index (χ3n) is 2.13. The van der Waals surface area contributed by atoms with E-state index in [9.17, 15) is 0 Å². The van der Waals surface area contributed by atoms with E-state index in [0.717, 1.165) is 11.1 Å². The Hall–Kier alpha value is -0.770. The van der Waals surface area contributed by atoms with E-state index in [-0.39, 0.29) is 0 Å². The topological polar surface area (TPSA) is 44.5 Å². The minimum Gasteiger partial charge on any atom is -0.495 e. The lowest BCUT2D eigenvalue weighted by molar-refractivity contribution is 0.141. The van der Waals surface area contributed by atoms with Crippen molar-refractivity contribution >= 4 is 11.6 Å². The molecule has 0 atom stereocenters. The van der Waals surface area contributed by atoms with Crippen molar-refractivity contribution in [2.45, 2.75) is 13.3 Å². The fourth-order valence-corrected chi connectivity index (χ4v) is 1.71. The summed E-state index contributed by atoms with van der Waals surface area (Å²) in [5.74, 6) is 5.66. The summed E-state index contributed by atoms with van der Waals surface area (Å²) in [5.41, 5.74) is 2.14. The molecule has 0 unspecified atom stereocenters. The summed E-state index contributed by atoms with van der Waals surface area (Å²) < 4.78 is 5.12. The molecule has 0 radical (unpaired) electrons. The Balaban J connectivity index is 2.99. The number of halogens is 1. The zero-order valence-corrected chi connectivity index (χ0v) is 9.10. The first-order chi connectivity index (χ1) is 6.70. The molecule has 0 amide bonds.